The van der Waals surface area contributed by atoms with Crippen molar-refractivity contribution in [3.63, 3.8) is 0 Å². The number of nitrogens with zero attached hydrogens (tertiary/aromatic N) is 3. The van der Waals surface area contributed by atoms with Crippen LogP contribution in [0, 0.1) is 0 Å². The minimum absolute atomic E-state index is 0.00325. The van der Waals surface area contributed by atoms with E-state index in [1.807, 2.05) is 44.4 Å². The number of carbonyl (C=O) groups excluding carboxylic acids is 2. The molecule has 0 unspecified atom stereocenters. The van der Waals surface area contributed by atoms with Crippen molar-refractivity contribution in [3.05, 3.63) is 0 Å². The Kier molecular flexibility index (Phi) is 6.85. The zero-order valence-electron chi connectivity index (χ0n) is 17.1. The van der Waals surface area contributed by atoms with E-state index in [9.17, 15) is 9.59 Å². The molecule has 0 bridgehead atoms. The van der Waals surface area contributed by atoms with Crippen LogP contribution >= 0.6 is 0 Å². The molecule has 1 aliphatic rings. The van der Waals surface area contributed by atoms with Gasteiger partial charge in [0.1, 0.15) is 0 Å². The lowest BCUT2D eigenvalue weighted by Gasteiger charge is -2.49. The summed E-state index contributed by atoms with van der Waals surface area (Å²) >= 11 is 0. The Balaban J connectivity index is 2.64. The lowest BCUT2D eigenvalue weighted by atomic mass is 9.96. The fourth-order valence-electron chi connectivity index (χ4n) is 3.41. The highest BCUT2D eigenvalue weighted by Gasteiger charge is 2.40. The molecule has 144 valence electrons. The van der Waals surface area contributed by atoms with Crippen LogP contribution in [-0.4, -0.2) is 71.4 Å². The minimum Gasteiger partial charge on any atom is -0.356 e. The average molecular weight is 354 g/mol. The van der Waals surface area contributed by atoms with Gasteiger partial charge >= 0.3 is 0 Å². The first kappa shape index (κ1) is 21.3. The van der Waals surface area contributed by atoms with Crippen molar-refractivity contribution in [1.82, 2.24) is 20.4 Å². The molecular weight excluding hydrogens is 318 g/mol. The molecule has 1 heterocycles. The highest BCUT2D eigenvalue weighted by molar-refractivity contribution is 5.88. The second-order valence-corrected chi connectivity index (χ2v) is 8.55. The Morgan fingerprint density at radius 1 is 1.32 bits per heavy atom. The maximum atomic E-state index is 12.6. The van der Waals surface area contributed by atoms with Gasteiger partial charge in [-0.05, 0) is 48.5 Å². The fourth-order valence-corrected chi connectivity index (χ4v) is 3.41. The van der Waals surface area contributed by atoms with Crippen molar-refractivity contribution in [3.8, 4) is 0 Å². The van der Waals surface area contributed by atoms with Gasteiger partial charge in [0, 0.05) is 38.1 Å². The van der Waals surface area contributed by atoms with Crippen molar-refractivity contribution in [2.45, 2.75) is 72.0 Å². The van der Waals surface area contributed by atoms with Crippen LogP contribution < -0.4 is 10.6 Å². The van der Waals surface area contributed by atoms with Crippen LogP contribution in [0.15, 0.2) is 4.99 Å². The van der Waals surface area contributed by atoms with Gasteiger partial charge in [0.2, 0.25) is 11.8 Å². The monoisotopic (exact) mass is 353 g/mol. The maximum Gasteiger partial charge on any atom is 0.242 e. The molecule has 0 aromatic rings. The van der Waals surface area contributed by atoms with Crippen molar-refractivity contribution in [1.29, 1.82) is 0 Å². The van der Waals surface area contributed by atoms with Crippen LogP contribution in [0.25, 0.3) is 0 Å². The number of hydrogen-bond acceptors (Lipinski definition) is 3. The molecule has 7 heteroatoms. The first-order valence-electron chi connectivity index (χ1n) is 8.96. The van der Waals surface area contributed by atoms with Crippen LogP contribution in [0.5, 0.6) is 0 Å². The van der Waals surface area contributed by atoms with Gasteiger partial charge in [0.05, 0.1) is 12.1 Å². The summed E-state index contributed by atoms with van der Waals surface area (Å²) in [6.07, 6.45) is 0.361. The number of nitrogens with one attached hydrogen (secondary N) is 2. The summed E-state index contributed by atoms with van der Waals surface area (Å²) in [4.78, 5) is 32.7. The lowest BCUT2D eigenvalue weighted by Crippen LogP contribution is -2.66. The largest absolute Gasteiger partial charge is 0.356 e. The first-order chi connectivity index (χ1) is 11.4. The number of piperazine rings is 1. The SMILES string of the molecule is CN=C(NCCC(=O)NC(C)(C)C)N1CC(=O)N(C(C)C)C(C)(C)C1. The molecule has 0 saturated carbocycles. The number of rotatable bonds is 4. The van der Waals surface area contributed by atoms with Crippen LogP contribution in [-0.2, 0) is 9.59 Å². The van der Waals surface area contributed by atoms with Crippen LogP contribution in [0.2, 0.25) is 0 Å². The lowest BCUT2D eigenvalue weighted by molar-refractivity contribution is -0.145. The summed E-state index contributed by atoms with van der Waals surface area (Å²) in [5.74, 6) is 0.754. The van der Waals surface area contributed by atoms with E-state index < -0.39 is 0 Å². The Bertz CT molecular complexity index is 520. The van der Waals surface area contributed by atoms with Gasteiger partial charge in [0.25, 0.3) is 0 Å². The summed E-state index contributed by atoms with van der Waals surface area (Å²) in [6.45, 7) is 15.6. The Hall–Kier alpha value is -1.79. The van der Waals surface area contributed by atoms with E-state index >= 15 is 0 Å². The summed E-state index contributed by atoms with van der Waals surface area (Å²) in [6, 6.07) is 0.167. The second kappa shape index (κ2) is 8.06. The number of guanidine groups is 1. The molecule has 0 atom stereocenters. The Morgan fingerprint density at radius 2 is 1.92 bits per heavy atom. The quantitative estimate of drug-likeness (QED) is 0.588. The molecule has 2 N–H and O–H groups in total. The van der Waals surface area contributed by atoms with Crippen molar-refractivity contribution >= 4 is 17.8 Å². The van der Waals surface area contributed by atoms with Crippen molar-refractivity contribution in [2.24, 2.45) is 4.99 Å². The van der Waals surface area contributed by atoms with E-state index in [-0.39, 0.29) is 28.9 Å². The molecule has 1 saturated heterocycles. The summed E-state index contributed by atoms with van der Waals surface area (Å²) < 4.78 is 0. The topological polar surface area (TPSA) is 77.0 Å². The van der Waals surface area contributed by atoms with Gasteiger partial charge in [-0.15, -0.1) is 0 Å². The predicted molar refractivity (Wildman–Crippen MR) is 102 cm³/mol. The third-order valence-corrected chi connectivity index (χ3v) is 4.00. The van der Waals surface area contributed by atoms with Gasteiger partial charge in [0.15, 0.2) is 5.96 Å². The second-order valence-electron chi connectivity index (χ2n) is 8.55. The first-order valence-corrected chi connectivity index (χ1v) is 8.96. The van der Waals surface area contributed by atoms with Crippen LogP contribution in [0.1, 0.15) is 54.9 Å². The van der Waals surface area contributed by atoms with E-state index in [2.05, 4.69) is 29.5 Å². The van der Waals surface area contributed by atoms with Crippen molar-refractivity contribution < 1.29 is 9.59 Å². The summed E-state index contributed by atoms with van der Waals surface area (Å²) in [7, 11) is 1.70. The average Bonchev–Trinajstić information content (AvgIpc) is 2.39. The number of carbonyl (C=O) groups is 2. The van der Waals surface area contributed by atoms with E-state index in [1.54, 1.807) is 7.05 Å². The molecule has 0 radical (unpaired) electrons. The Morgan fingerprint density at radius 3 is 2.36 bits per heavy atom. The van der Waals surface area contributed by atoms with Gasteiger partial charge in [-0.3, -0.25) is 14.6 Å². The van der Waals surface area contributed by atoms with Gasteiger partial charge in [-0.1, -0.05) is 0 Å². The third-order valence-electron chi connectivity index (χ3n) is 4.00. The molecule has 7 nitrogen and oxygen atoms in total. The molecule has 1 rings (SSSR count). The van der Waals surface area contributed by atoms with Gasteiger partial charge < -0.3 is 20.4 Å². The standard InChI is InChI=1S/C18H35N5O2/c1-13(2)23-15(25)11-22(12-18(23,6)7)16(19-8)20-10-9-14(24)21-17(3,4)5/h13H,9-12H2,1-8H3,(H,19,20)(H,21,24). The predicted octanol–water partition coefficient (Wildman–Crippen LogP) is 1.20. The van der Waals surface area contributed by atoms with E-state index in [1.165, 1.54) is 0 Å². The summed E-state index contributed by atoms with van der Waals surface area (Å²) in [5, 5.41) is 6.14. The number of amides is 2. The molecule has 0 spiro atoms. The minimum atomic E-state index is -0.273. The highest BCUT2D eigenvalue weighted by atomic mass is 16.2. The van der Waals surface area contributed by atoms with Gasteiger partial charge in [-0.25, -0.2) is 0 Å². The van der Waals surface area contributed by atoms with Gasteiger partial charge in [-0.2, -0.15) is 0 Å². The molecule has 1 aliphatic heterocycles. The smallest absolute Gasteiger partial charge is 0.242 e. The molecular formula is C18H35N5O2. The number of hydrogen-bond donors (Lipinski definition) is 2. The maximum absolute atomic E-state index is 12.6. The highest BCUT2D eigenvalue weighted by Crippen LogP contribution is 2.24. The molecule has 2 amide bonds. The zero-order valence-corrected chi connectivity index (χ0v) is 17.1. The zero-order chi connectivity index (χ0) is 19.4. The Labute approximate surface area is 152 Å². The van der Waals surface area contributed by atoms with Crippen LogP contribution in [0.4, 0.5) is 0 Å². The fraction of sp³-hybridized carbons (Fsp3) is 0.833. The third kappa shape index (κ3) is 6.21. The molecule has 0 aliphatic carbocycles. The van der Waals surface area contributed by atoms with E-state index in [4.69, 9.17) is 0 Å². The molecule has 0 aromatic heterocycles. The van der Waals surface area contributed by atoms with Crippen molar-refractivity contribution in [2.75, 3.05) is 26.7 Å². The summed E-state index contributed by atoms with van der Waals surface area (Å²) in [5.41, 5.74) is -0.507. The van der Waals surface area contributed by atoms with Crippen LogP contribution in [0.3, 0.4) is 0 Å². The normalized spacial score (nSPS) is 18.6. The molecule has 25 heavy (non-hydrogen) atoms. The number of aliphatic imine (C=N–C) groups is 1. The molecule has 0 aromatic carbocycles. The van der Waals surface area contributed by atoms with E-state index in [0.717, 1.165) is 0 Å². The molecule has 1 fully saturated rings. The van der Waals surface area contributed by atoms with E-state index in [0.29, 0.717) is 32.0 Å².